The van der Waals surface area contributed by atoms with Crippen LogP contribution in [0.1, 0.15) is 18.1 Å². The Kier molecular flexibility index (Phi) is 4.20. The van der Waals surface area contributed by atoms with Gasteiger partial charge in [-0.15, -0.1) is 5.10 Å². The van der Waals surface area contributed by atoms with Crippen molar-refractivity contribution in [2.75, 3.05) is 19.7 Å². The SMILES string of the molecule is O=C(CCn1cnnn1)N1CCOC(c2ccccc2)C1. The van der Waals surface area contributed by atoms with E-state index in [2.05, 4.69) is 15.5 Å². The molecule has 2 aromatic rings. The van der Waals surface area contributed by atoms with Crippen molar-refractivity contribution in [1.82, 2.24) is 25.1 Å². The standard InChI is InChI=1S/C14H17N5O2/c20-14(6-7-19-11-15-16-17-19)18-8-9-21-13(10-18)12-4-2-1-3-5-12/h1-5,11,13H,6-10H2. The Morgan fingerprint density at radius 2 is 2.19 bits per heavy atom. The topological polar surface area (TPSA) is 73.1 Å². The molecule has 7 heteroatoms. The van der Waals surface area contributed by atoms with Gasteiger partial charge in [0, 0.05) is 13.0 Å². The average molecular weight is 287 g/mol. The molecule has 0 radical (unpaired) electrons. The number of hydrogen-bond acceptors (Lipinski definition) is 5. The van der Waals surface area contributed by atoms with Crippen LogP contribution in [0.2, 0.25) is 0 Å². The van der Waals surface area contributed by atoms with E-state index in [1.54, 1.807) is 4.68 Å². The highest BCUT2D eigenvalue weighted by Crippen LogP contribution is 2.22. The predicted molar refractivity (Wildman–Crippen MR) is 74.1 cm³/mol. The number of hydrogen-bond donors (Lipinski definition) is 0. The predicted octanol–water partition coefficient (Wildman–Crippen LogP) is 0.663. The van der Waals surface area contributed by atoms with E-state index in [1.807, 2.05) is 35.2 Å². The quantitative estimate of drug-likeness (QED) is 0.826. The maximum atomic E-state index is 12.3. The molecular formula is C14H17N5O2. The van der Waals surface area contributed by atoms with Gasteiger partial charge in [-0.3, -0.25) is 4.79 Å². The number of morpholine rings is 1. The second-order valence-corrected chi connectivity index (χ2v) is 4.93. The van der Waals surface area contributed by atoms with E-state index in [-0.39, 0.29) is 12.0 Å². The van der Waals surface area contributed by atoms with Crippen LogP contribution in [0, 0.1) is 0 Å². The summed E-state index contributed by atoms with van der Waals surface area (Å²) in [6, 6.07) is 10.00. The van der Waals surface area contributed by atoms with E-state index in [4.69, 9.17) is 4.74 Å². The molecule has 0 aliphatic carbocycles. The summed E-state index contributed by atoms with van der Waals surface area (Å²) in [5, 5.41) is 10.9. The normalized spacial score (nSPS) is 18.7. The number of aryl methyl sites for hydroxylation is 1. The number of aromatic nitrogens is 4. The fourth-order valence-corrected chi connectivity index (χ4v) is 2.40. The number of rotatable bonds is 4. The lowest BCUT2D eigenvalue weighted by Gasteiger charge is -2.33. The summed E-state index contributed by atoms with van der Waals surface area (Å²) in [4.78, 5) is 14.1. The fraction of sp³-hybridized carbons (Fsp3) is 0.429. The number of carbonyl (C=O) groups excluding carboxylic acids is 1. The largest absolute Gasteiger partial charge is 0.370 e. The summed E-state index contributed by atoms with van der Waals surface area (Å²) >= 11 is 0. The van der Waals surface area contributed by atoms with Gasteiger partial charge in [0.05, 0.1) is 19.7 Å². The molecule has 110 valence electrons. The van der Waals surface area contributed by atoms with Crippen molar-refractivity contribution in [2.24, 2.45) is 0 Å². The van der Waals surface area contributed by atoms with Gasteiger partial charge in [0.1, 0.15) is 12.4 Å². The van der Waals surface area contributed by atoms with E-state index in [9.17, 15) is 4.79 Å². The molecule has 3 rings (SSSR count). The van der Waals surface area contributed by atoms with Crippen molar-refractivity contribution in [2.45, 2.75) is 19.1 Å². The van der Waals surface area contributed by atoms with Gasteiger partial charge in [-0.25, -0.2) is 4.68 Å². The van der Waals surface area contributed by atoms with Gasteiger partial charge in [0.2, 0.25) is 5.91 Å². The van der Waals surface area contributed by atoms with Gasteiger partial charge in [-0.2, -0.15) is 0 Å². The zero-order valence-electron chi connectivity index (χ0n) is 11.6. The molecule has 1 aromatic carbocycles. The number of carbonyl (C=O) groups is 1. The molecule has 0 saturated carbocycles. The first-order valence-electron chi connectivity index (χ1n) is 6.98. The second kappa shape index (κ2) is 6.45. The van der Waals surface area contributed by atoms with Crippen LogP contribution >= 0.6 is 0 Å². The zero-order valence-corrected chi connectivity index (χ0v) is 11.6. The maximum Gasteiger partial charge on any atom is 0.224 e. The minimum atomic E-state index is -0.0445. The Labute approximate surface area is 122 Å². The molecule has 0 bridgehead atoms. The average Bonchev–Trinajstić information content (AvgIpc) is 3.07. The van der Waals surface area contributed by atoms with Crippen LogP contribution in [0.4, 0.5) is 0 Å². The fourth-order valence-electron chi connectivity index (χ4n) is 2.40. The third kappa shape index (κ3) is 3.43. The summed E-state index contributed by atoms with van der Waals surface area (Å²) in [5.41, 5.74) is 1.11. The number of tetrazole rings is 1. The molecule has 1 atom stereocenters. The Hall–Kier alpha value is -2.28. The minimum Gasteiger partial charge on any atom is -0.370 e. The molecule has 0 spiro atoms. The van der Waals surface area contributed by atoms with Crippen molar-refractivity contribution < 1.29 is 9.53 Å². The molecular weight excluding hydrogens is 270 g/mol. The maximum absolute atomic E-state index is 12.3. The lowest BCUT2D eigenvalue weighted by Crippen LogP contribution is -2.42. The van der Waals surface area contributed by atoms with Crippen molar-refractivity contribution in [3.63, 3.8) is 0 Å². The highest BCUT2D eigenvalue weighted by atomic mass is 16.5. The first kappa shape index (κ1) is 13.7. The summed E-state index contributed by atoms with van der Waals surface area (Å²) in [7, 11) is 0. The summed E-state index contributed by atoms with van der Waals surface area (Å²) in [6.45, 7) is 2.30. The van der Waals surface area contributed by atoms with Crippen molar-refractivity contribution >= 4 is 5.91 Å². The highest BCUT2D eigenvalue weighted by molar-refractivity contribution is 5.76. The summed E-state index contributed by atoms with van der Waals surface area (Å²) in [5.74, 6) is 0.106. The Morgan fingerprint density at radius 3 is 2.95 bits per heavy atom. The highest BCUT2D eigenvalue weighted by Gasteiger charge is 2.24. The van der Waals surface area contributed by atoms with Crippen LogP contribution in [0.25, 0.3) is 0 Å². The Bertz CT molecular complexity index is 572. The lowest BCUT2D eigenvalue weighted by molar-refractivity contribution is -0.139. The molecule has 1 amide bonds. The van der Waals surface area contributed by atoms with Gasteiger partial charge in [-0.05, 0) is 16.0 Å². The number of nitrogens with zero attached hydrogens (tertiary/aromatic N) is 5. The molecule has 1 saturated heterocycles. The van der Waals surface area contributed by atoms with Crippen LogP contribution < -0.4 is 0 Å². The van der Waals surface area contributed by atoms with Crippen LogP contribution in [0.5, 0.6) is 0 Å². The summed E-state index contributed by atoms with van der Waals surface area (Å²) in [6.07, 6.45) is 1.86. The number of ether oxygens (including phenoxy) is 1. The van der Waals surface area contributed by atoms with Gasteiger partial charge in [0.15, 0.2) is 0 Å². The molecule has 1 fully saturated rings. The van der Waals surface area contributed by atoms with E-state index in [0.29, 0.717) is 32.7 Å². The molecule has 7 nitrogen and oxygen atoms in total. The van der Waals surface area contributed by atoms with E-state index in [0.717, 1.165) is 5.56 Å². The summed E-state index contributed by atoms with van der Waals surface area (Å²) < 4.78 is 7.33. The van der Waals surface area contributed by atoms with Crippen LogP contribution in [-0.2, 0) is 16.1 Å². The van der Waals surface area contributed by atoms with E-state index in [1.165, 1.54) is 6.33 Å². The third-order valence-electron chi connectivity index (χ3n) is 3.54. The van der Waals surface area contributed by atoms with Gasteiger partial charge in [-0.1, -0.05) is 30.3 Å². The molecule has 1 aliphatic rings. The number of benzene rings is 1. The van der Waals surface area contributed by atoms with Crippen molar-refractivity contribution in [3.8, 4) is 0 Å². The van der Waals surface area contributed by atoms with Crippen molar-refractivity contribution in [1.29, 1.82) is 0 Å². The molecule has 2 heterocycles. The monoisotopic (exact) mass is 287 g/mol. The van der Waals surface area contributed by atoms with E-state index < -0.39 is 0 Å². The molecule has 21 heavy (non-hydrogen) atoms. The first-order valence-corrected chi connectivity index (χ1v) is 6.98. The first-order chi connectivity index (χ1) is 10.3. The zero-order chi connectivity index (χ0) is 14.5. The Morgan fingerprint density at radius 1 is 1.33 bits per heavy atom. The third-order valence-corrected chi connectivity index (χ3v) is 3.54. The smallest absolute Gasteiger partial charge is 0.224 e. The van der Waals surface area contributed by atoms with E-state index >= 15 is 0 Å². The minimum absolute atomic E-state index is 0.0445. The van der Waals surface area contributed by atoms with Crippen LogP contribution in [0.15, 0.2) is 36.7 Å². The lowest BCUT2D eigenvalue weighted by atomic mass is 10.1. The van der Waals surface area contributed by atoms with Gasteiger partial charge < -0.3 is 9.64 Å². The molecule has 1 unspecified atom stereocenters. The Balaban J connectivity index is 1.56. The molecule has 1 aromatic heterocycles. The molecule has 0 N–H and O–H groups in total. The van der Waals surface area contributed by atoms with Crippen LogP contribution in [0.3, 0.4) is 0 Å². The molecule has 1 aliphatic heterocycles. The van der Waals surface area contributed by atoms with Gasteiger partial charge >= 0.3 is 0 Å². The number of amides is 1. The van der Waals surface area contributed by atoms with Crippen molar-refractivity contribution in [3.05, 3.63) is 42.2 Å². The second-order valence-electron chi connectivity index (χ2n) is 4.93. The van der Waals surface area contributed by atoms with Crippen LogP contribution in [-0.4, -0.2) is 50.7 Å². The van der Waals surface area contributed by atoms with Gasteiger partial charge in [0.25, 0.3) is 0 Å².